The third-order valence-corrected chi connectivity index (χ3v) is 5.33. The molecule has 2 heteroatoms. The molecule has 0 bridgehead atoms. The lowest BCUT2D eigenvalue weighted by atomic mass is 9.71. The number of nitrogens with zero attached hydrogens (tertiary/aromatic N) is 2. The average Bonchev–Trinajstić information content (AvgIpc) is 2.49. The van der Waals surface area contributed by atoms with Crippen molar-refractivity contribution in [3.8, 4) is 0 Å². The lowest BCUT2D eigenvalue weighted by molar-refractivity contribution is 0.0249. The molecule has 0 unspecified atom stereocenters. The summed E-state index contributed by atoms with van der Waals surface area (Å²) in [6.45, 7) is 17.7. The van der Waals surface area contributed by atoms with Gasteiger partial charge in [0.2, 0.25) is 0 Å². The molecule has 0 aromatic carbocycles. The zero-order chi connectivity index (χ0) is 15.0. The Bertz CT molecular complexity index is 232. The van der Waals surface area contributed by atoms with Gasteiger partial charge in [0.15, 0.2) is 0 Å². The highest BCUT2D eigenvalue weighted by Gasteiger charge is 2.37. The van der Waals surface area contributed by atoms with E-state index < -0.39 is 0 Å². The molecule has 2 aliphatic rings. The van der Waals surface area contributed by atoms with E-state index in [9.17, 15) is 0 Å². The SMILES string of the molecule is CC.CCCCN1CCC2(CC1)CCN(C(C)C)CC2. The fourth-order valence-electron chi connectivity index (χ4n) is 3.65. The Labute approximate surface area is 127 Å². The fourth-order valence-corrected chi connectivity index (χ4v) is 3.65. The summed E-state index contributed by atoms with van der Waals surface area (Å²) < 4.78 is 0. The van der Waals surface area contributed by atoms with E-state index in [1.54, 1.807) is 0 Å². The van der Waals surface area contributed by atoms with Crippen molar-refractivity contribution in [1.29, 1.82) is 0 Å². The molecule has 0 aliphatic carbocycles. The third kappa shape index (κ3) is 5.04. The Morgan fingerprint density at radius 2 is 1.40 bits per heavy atom. The van der Waals surface area contributed by atoms with E-state index in [0.29, 0.717) is 5.41 Å². The zero-order valence-corrected chi connectivity index (χ0v) is 14.7. The summed E-state index contributed by atoms with van der Waals surface area (Å²) in [5, 5.41) is 0. The van der Waals surface area contributed by atoms with Crippen LogP contribution in [0.2, 0.25) is 0 Å². The van der Waals surface area contributed by atoms with Gasteiger partial charge in [0.1, 0.15) is 0 Å². The van der Waals surface area contributed by atoms with Gasteiger partial charge in [0.05, 0.1) is 0 Å². The predicted octanol–water partition coefficient (Wildman–Crippen LogP) is 4.40. The van der Waals surface area contributed by atoms with Gasteiger partial charge in [-0.25, -0.2) is 0 Å². The molecule has 0 aromatic rings. The molecule has 1 spiro atoms. The van der Waals surface area contributed by atoms with Crippen molar-refractivity contribution in [2.45, 2.75) is 79.2 Å². The van der Waals surface area contributed by atoms with Crippen LogP contribution in [0.4, 0.5) is 0 Å². The lowest BCUT2D eigenvalue weighted by Crippen LogP contribution is -2.48. The van der Waals surface area contributed by atoms with Gasteiger partial charge in [0, 0.05) is 6.04 Å². The van der Waals surface area contributed by atoms with E-state index in [2.05, 4.69) is 30.6 Å². The van der Waals surface area contributed by atoms with Crippen LogP contribution in [0.5, 0.6) is 0 Å². The second-order valence-electron chi connectivity index (χ2n) is 6.82. The largest absolute Gasteiger partial charge is 0.303 e. The normalized spacial score (nSPS) is 23.7. The predicted molar refractivity (Wildman–Crippen MR) is 90.3 cm³/mol. The summed E-state index contributed by atoms with van der Waals surface area (Å²) >= 11 is 0. The van der Waals surface area contributed by atoms with Crippen LogP contribution in [-0.4, -0.2) is 48.6 Å². The molecule has 2 aliphatic heterocycles. The number of rotatable bonds is 4. The first-order valence-corrected chi connectivity index (χ1v) is 9.12. The van der Waals surface area contributed by atoms with Gasteiger partial charge in [-0.2, -0.15) is 0 Å². The summed E-state index contributed by atoms with van der Waals surface area (Å²) in [5.74, 6) is 0. The summed E-state index contributed by atoms with van der Waals surface area (Å²) in [7, 11) is 0. The molecular weight excluding hydrogens is 244 g/mol. The smallest absolute Gasteiger partial charge is 0.00385 e. The molecule has 2 saturated heterocycles. The van der Waals surface area contributed by atoms with Gasteiger partial charge < -0.3 is 9.80 Å². The molecule has 0 radical (unpaired) electrons. The molecule has 0 atom stereocenters. The minimum absolute atomic E-state index is 0.716. The minimum Gasteiger partial charge on any atom is -0.303 e. The maximum Gasteiger partial charge on any atom is 0.00385 e. The molecule has 2 rings (SSSR count). The van der Waals surface area contributed by atoms with Crippen LogP contribution >= 0.6 is 0 Å². The highest BCUT2D eigenvalue weighted by Crippen LogP contribution is 2.41. The quantitative estimate of drug-likeness (QED) is 0.754. The number of unbranched alkanes of at least 4 members (excludes halogenated alkanes) is 1. The average molecular weight is 283 g/mol. The second kappa shape index (κ2) is 9.04. The van der Waals surface area contributed by atoms with E-state index >= 15 is 0 Å². The third-order valence-electron chi connectivity index (χ3n) is 5.33. The van der Waals surface area contributed by atoms with E-state index in [4.69, 9.17) is 0 Å². The maximum atomic E-state index is 2.70. The number of likely N-dealkylation sites (tertiary alicyclic amines) is 2. The van der Waals surface area contributed by atoms with Crippen molar-refractivity contribution in [1.82, 2.24) is 9.80 Å². The summed E-state index contributed by atoms with van der Waals surface area (Å²) in [6.07, 6.45) is 8.55. The molecule has 120 valence electrons. The summed E-state index contributed by atoms with van der Waals surface area (Å²) in [6, 6.07) is 0.743. The van der Waals surface area contributed by atoms with Crippen LogP contribution in [0, 0.1) is 5.41 Å². The molecule has 2 fully saturated rings. The molecule has 2 heterocycles. The highest BCUT2D eigenvalue weighted by molar-refractivity contribution is 4.91. The van der Waals surface area contributed by atoms with E-state index in [1.165, 1.54) is 71.2 Å². The number of hydrogen-bond donors (Lipinski definition) is 0. The van der Waals surface area contributed by atoms with Crippen LogP contribution in [0.3, 0.4) is 0 Å². The Morgan fingerprint density at radius 3 is 1.85 bits per heavy atom. The Kier molecular flexibility index (Phi) is 8.13. The van der Waals surface area contributed by atoms with Crippen molar-refractivity contribution in [3.05, 3.63) is 0 Å². The van der Waals surface area contributed by atoms with Crippen LogP contribution in [0.1, 0.15) is 73.1 Å². The first-order chi connectivity index (χ1) is 9.65. The number of piperidine rings is 2. The minimum atomic E-state index is 0.716. The van der Waals surface area contributed by atoms with Crippen LogP contribution in [0.15, 0.2) is 0 Å². The summed E-state index contributed by atoms with van der Waals surface area (Å²) in [4.78, 5) is 5.36. The standard InChI is InChI=1S/C16H32N2.C2H6/c1-4-5-10-17-11-6-16(7-12-17)8-13-18(14-9-16)15(2)3;1-2/h15H,4-14H2,1-3H3;1-2H3. The van der Waals surface area contributed by atoms with Crippen molar-refractivity contribution in [2.24, 2.45) is 5.41 Å². The van der Waals surface area contributed by atoms with E-state index in [-0.39, 0.29) is 0 Å². The highest BCUT2D eigenvalue weighted by atomic mass is 15.2. The molecule has 0 saturated carbocycles. The van der Waals surface area contributed by atoms with E-state index in [1.807, 2.05) is 13.8 Å². The van der Waals surface area contributed by atoms with Gasteiger partial charge in [0.25, 0.3) is 0 Å². The fraction of sp³-hybridized carbons (Fsp3) is 1.00. The van der Waals surface area contributed by atoms with Crippen LogP contribution in [-0.2, 0) is 0 Å². The first kappa shape index (κ1) is 18.0. The van der Waals surface area contributed by atoms with Crippen molar-refractivity contribution >= 4 is 0 Å². The van der Waals surface area contributed by atoms with Gasteiger partial charge in [-0.1, -0.05) is 27.2 Å². The van der Waals surface area contributed by atoms with Gasteiger partial charge in [-0.05, 0) is 84.1 Å². The molecule has 0 amide bonds. The molecule has 0 N–H and O–H groups in total. The Morgan fingerprint density at radius 1 is 0.900 bits per heavy atom. The van der Waals surface area contributed by atoms with Crippen molar-refractivity contribution in [3.63, 3.8) is 0 Å². The first-order valence-electron chi connectivity index (χ1n) is 9.12. The molecule has 2 nitrogen and oxygen atoms in total. The number of hydrogen-bond acceptors (Lipinski definition) is 2. The molecule has 20 heavy (non-hydrogen) atoms. The van der Waals surface area contributed by atoms with E-state index in [0.717, 1.165) is 6.04 Å². The van der Waals surface area contributed by atoms with Gasteiger partial charge >= 0.3 is 0 Å². The van der Waals surface area contributed by atoms with Crippen LogP contribution < -0.4 is 0 Å². The molecule has 0 aromatic heterocycles. The van der Waals surface area contributed by atoms with Gasteiger partial charge in [-0.15, -0.1) is 0 Å². The van der Waals surface area contributed by atoms with Crippen LogP contribution in [0.25, 0.3) is 0 Å². The lowest BCUT2D eigenvalue weighted by Gasteiger charge is -2.47. The zero-order valence-electron chi connectivity index (χ0n) is 14.7. The van der Waals surface area contributed by atoms with Gasteiger partial charge in [-0.3, -0.25) is 0 Å². The Hall–Kier alpha value is -0.0800. The maximum absolute atomic E-state index is 2.70. The Balaban J connectivity index is 0.000000956. The monoisotopic (exact) mass is 282 g/mol. The summed E-state index contributed by atoms with van der Waals surface area (Å²) in [5.41, 5.74) is 0.716. The topological polar surface area (TPSA) is 6.48 Å². The molecular formula is C18H38N2. The van der Waals surface area contributed by atoms with Crippen molar-refractivity contribution < 1.29 is 0 Å². The second-order valence-corrected chi connectivity index (χ2v) is 6.82. The van der Waals surface area contributed by atoms with Crippen molar-refractivity contribution in [2.75, 3.05) is 32.7 Å².